The van der Waals surface area contributed by atoms with Crippen LogP contribution in [0.5, 0.6) is 0 Å². The number of hydrogen-bond donors (Lipinski definition) is 3. The monoisotopic (exact) mass is 399 g/mol. The van der Waals surface area contributed by atoms with E-state index in [1.807, 2.05) is 0 Å². The second kappa shape index (κ2) is 7.90. The van der Waals surface area contributed by atoms with Crippen molar-refractivity contribution in [3.63, 3.8) is 0 Å². The molecule has 3 rings (SSSR count). The Morgan fingerprint density at radius 3 is 2.48 bits per heavy atom. The molecule has 2 aliphatic rings. The normalized spacial score (nSPS) is 27.3. The predicted octanol–water partition coefficient (Wildman–Crippen LogP) is -1.04. The molecular formula is C16H21N3O7S. The molecule has 0 aliphatic carbocycles. The Bertz CT molecular complexity index is 812. The number of ether oxygens (including phenoxy) is 3. The molecule has 0 radical (unpaired) electrons. The van der Waals surface area contributed by atoms with Crippen LogP contribution >= 0.6 is 0 Å². The van der Waals surface area contributed by atoms with Gasteiger partial charge in [-0.15, -0.1) is 0 Å². The Morgan fingerprint density at radius 2 is 1.85 bits per heavy atom. The van der Waals surface area contributed by atoms with Gasteiger partial charge in [0.15, 0.2) is 0 Å². The first kappa shape index (κ1) is 19.7. The summed E-state index contributed by atoms with van der Waals surface area (Å²) in [5.74, 6) is -0.847. The van der Waals surface area contributed by atoms with Gasteiger partial charge in [0.1, 0.15) is 24.9 Å². The minimum Gasteiger partial charge on any atom is -0.371 e. The number of sulfonamides is 1. The molecule has 0 unspecified atom stereocenters. The summed E-state index contributed by atoms with van der Waals surface area (Å²) in [6, 6.07) is 5.22. The van der Waals surface area contributed by atoms with Gasteiger partial charge >= 0.3 is 0 Å². The van der Waals surface area contributed by atoms with Gasteiger partial charge in [0.2, 0.25) is 21.8 Å². The molecule has 2 aliphatic heterocycles. The van der Waals surface area contributed by atoms with E-state index in [-0.39, 0.29) is 30.6 Å². The number of anilines is 1. The van der Waals surface area contributed by atoms with Gasteiger partial charge in [-0.05, 0) is 24.3 Å². The van der Waals surface area contributed by atoms with Gasteiger partial charge in [-0.2, -0.15) is 0 Å². The van der Waals surface area contributed by atoms with E-state index in [1.165, 1.54) is 31.2 Å². The Hall–Kier alpha value is -2.05. The van der Waals surface area contributed by atoms with Crippen LogP contribution in [0.3, 0.4) is 0 Å². The van der Waals surface area contributed by atoms with Crippen LogP contribution in [-0.2, 0) is 33.8 Å². The van der Waals surface area contributed by atoms with Crippen LogP contribution in [0, 0.1) is 0 Å². The lowest BCUT2D eigenvalue weighted by Crippen LogP contribution is -2.44. The summed E-state index contributed by atoms with van der Waals surface area (Å²) in [7, 11) is -3.81. The standard InChI is InChI=1S/C16H21N3O7S/c1-9(20)18-10-2-4-11(5-3-10)27(22,23)19-12-6-25-16-13(7-26-15(12)16)24-8-14(17)21/h2-5,12-13,15-16,19H,6-8H2,1H3,(H2,17,21)(H,18,20)/t12-,13+,15+,16+/m0/s1. The summed E-state index contributed by atoms with van der Waals surface area (Å²) < 4.78 is 44.3. The van der Waals surface area contributed by atoms with Crippen molar-refractivity contribution in [2.75, 3.05) is 25.1 Å². The molecule has 10 nitrogen and oxygen atoms in total. The summed E-state index contributed by atoms with van der Waals surface area (Å²) in [6.07, 6.45) is -1.47. The van der Waals surface area contributed by atoms with E-state index < -0.39 is 40.3 Å². The lowest BCUT2D eigenvalue weighted by Gasteiger charge is -2.18. The Balaban J connectivity index is 1.63. The molecule has 0 saturated carbocycles. The Kier molecular flexibility index (Phi) is 5.77. The van der Waals surface area contributed by atoms with Crippen LogP contribution in [0.25, 0.3) is 0 Å². The molecule has 2 heterocycles. The Morgan fingerprint density at radius 1 is 1.19 bits per heavy atom. The first-order valence-corrected chi connectivity index (χ1v) is 9.77. The molecule has 11 heteroatoms. The smallest absolute Gasteiger partial charge is 0.243 e. The second-order valence-corrected chi connectivity index (χ2v) is 8.06. The van der Waals surface area contributed by atoms with Crippen molar-refractivity contribution in [2.24, 2.45) is 5.73 Å². The third-order valence-electron chi connectivity index (χ3n) is 4.24. The topological polar surface area (TPSA) is 146 Å². The lowest BCUT2D eigenvalue weighted by atomic mass is 10.1. The number of amides is 2. The fraction of sp³-hybridized carbons (Fsp3) is 0.500. The van der Waals surface area contributed by atoms with Crippen LogP contribution in [0.15, 0.2) is 29.2 Å². The predicted molar refractivity (Wildman–Crippen MR) is 93.3 cm³/mol. The second-order valence-electron chi connectivity index (χ2n) is 6.35. The molecular weight excluding hydrogens is 378 g/mol. The maximum absolute atomic E-state index is 12.6. The highest BCUT2D eigenvalue weighted by Gasteiger charge is 2.49. The third-order valence-corrected chi connectivity index (χ3v) is 5.74. The molecule has 2 fully saturated rings. The number of nitrogens with one attached hydrogen (secondary N) is 2. The van der Waals surface area contributed by atoms with Crippen molar-refractivity contribution in [1.29, 1.82) is 0 Å². The van der Waals surface area contributed by atoms with E-state index in [0.29, 0.717) is 5.69 Å². The number of rotatable bonds is 7. The Labute approximate surface area is 156 Å². The van der Waals surface area contributed by atoms with Gasteiger partial charge in [-0.1, -0.05) is 0 Å². The molecule has 27 heavy (non-hydrogen) atoms. The van der Waals surface area contributed by atoms with E-state index in [2.05, 4.69) is 10.0 Å². The third kappa shape index (κ3) is 4.62. The van der Waals surface area contributed by atoms with E-state index in [0.717, 1.165) is 0 Å². The van der Waals surface area contributed by atoms with Crippen LogP contribution < -0.4 is 15.8 Å². The van der Waals surface area contributed by atoms with Crippen LogP contribution in [0.4, 0.5) is 5.69 Å². The van der Waals surface area contributed by atoms with Crippen molar-refractivity contribution in [3.05, 3.63) is 24.3 Å². The van der Waals surface area contributed by atoms with Crippen molar-refractivity contribution in [1.82, 2.24) is 4.72 Å². The first-order chi connectivity index (χ1) is 12.8. The van der Waals surface area contributed by atoms with Gasteiger partial charge < -0.3 is 25.3 Å². The molecule has 0 spiro atoms. The van der Waals surface area contributed by atoms with Crippen LogP contribution in [0.2, 0.25) is 0 Å². The summed E-state index contributed by atoms with van der Waals surface area (Å²) in [5, 5.41) is 2.57. The molecule has 0 bridgehead atoms. The fourth-order valence-electron chi connectivity index (χ4n) is 3.09. The van der Waals surface area contributed by atoms with E-state index in [9.17, 15) is 18.0 Å². The number of carbonyl (C=O) groups excluding carboxylic acids is 2. The minimum atomic E-state index is -3.81. The van der Waals surface area contributed by atoms with Crippen molar-refractivity contribution in [2.45, 2.75) is 36.2 Å². The molecule has 148 valence electrons. The van der Waals surface area contributed by atoms with Crippen LogP contribution in [0.1, 0.15) is 6.92 Å². The molecule has 0 aromatic heterocycles. The summed E-state index contributed by atoms with van der Waals surface area (Å²) >= 11 is 0. The highest BCUT2D eigenvalue weighted by atomic mass is 32.2. The zero-order valence-electron chi connectivity index (χ0n) is 14.6. The average Bonchev–Trinajstić information content (AvgIpc) is 3.16. The van der Waals surface area contributed by atoms with Crippen LogP contribution in [-0.4, -0.2) is 64.4 Å². The first-order valence-electron chi connectivity index (χ1n) is 8.29. The molecule has 2 saturated heterocycles. The quantitative estimate of drug-likeness (QED) is 0.531. The molecule has 1 aromatic rings. The SMILES string of the molecule is CC(=O)Nc1ccc(S(=O)(=O)N[C@H]2CO[C@H]3[C@@H]2OC[C@H]3OCC(N)=O)cc1. The zero-order chi connectivity index (χ0) is 19.6. The van der Waals surface area contributed by atoms with Crippen molar-refractivity contribution in [3.8, 4) is 0 Å². The highest BCUT2D eigenvalue weighted by molar-refractivity contribution is 7.89. The van der Waals surface area contributed by atoms with Gasteiger partial charge in [-0.3, -0.25) is 9.59 Å². The number of benzene rings is 1. The zero-order valence-corrected chi connectivity index (χ0v) is 15.4. The maximum Gasteiger partial charge on any atom is 0.243 e. The molecule has 2 amide bonds. The fourth-order valence-corrected chi connectivity index (χ4v) is 4.32. The molecule has 4 N–H and O–H groups in total. The van der Waals surface area contributed by atoms with Gasteiger partial charge in [0.05, 0.1) is 24.2 Å². The summed E-state index contributed by atoms with van der Waals surface area (Å²) in [5.41, 5.74) is 5.56. The minimum absolute atomic E-state index is 0.0552. The largest absolute Gasteiger partial charge is 0.371 e. The number of nitrogens with two attached hydrogens (primary N) is 1. The average molecular weight is 399 g/mol. The van der Waals surface area contributed by atoms with E-state index in [4.69, 9.17) is 19.9 Å². The molecule has 1 aromatic carbocycles. The van der Waals surface area contributed by atoms with Gasteiger partial charge in [-0.25, -0.2) is 13.1 Å². The number of carbonyl (C=O) groups is 2. The summed E-state index contributed by atoms with van der Waals surface area (Å²) in [6.45, 7) is 1.42. The summed E-state index contributed by atoms with van der Waals surface area (Å²) in [4.78, 5) is 21.9. The van der Waals surface area contributed by atoms with Crippen molar-refractivity contribution >= 4 is 27.5 Å². The molecule has 4 atom stereocenters. The number of hydrogen-bond acceptors (Lipinski definition) is 7. The number of fused-ring (bicyclic) bond motifs is 1. The van der Waals surface area contributed by atoms with E-state index >= 15 is 0 Å². The lowest BCUT2D eigenvalue weighted by molar-refractivity contribution is -0.126. The van der Waals surface area contributed by atoms with Gasteiger partial charge in [0, 0.05) is 12.6 Å². The van der Waals surface area contributed by atoms with E-state index in [1.54, 1.807) is 0 Å². The number of primary amides is 1. The maximum atomic E-state index is 12.6. The van der Waals surface area contributed by atoms with Crippen molar-refractivity contribution < 1.29 is 32.2 Å². The van der Waals surface area contributed by atoms with Gasteiger partial charge in [0.25, 0.3) is 0 Å². The highest BCUT2D eigenvalue weighted by Crippen LogP contribution is 2.29.